The highest BCUT2D eigenvalue weighted by Crippen LogP contribution is 2.31. The first kappa shape index (κ1) is 16.4. The van der Waals surface area contributed by atoms with Crippen molar-refractivity contribution >= 4 is 11.6 Å². The van der Waals surface area contributed by atoms with Gasteiger partial charge in [0.15, 0.2) is 5.60 Å². The van der Waals surface area contributed by atoms with Gasteiger partial charge in [-0.05, 0) is 29.3 Å². The van der Waals surface area contributed by atoms with Crippen molar-refractivity contribution in [2.75, 3.05) is 5.32 Å². The highest BCUT2D eigenvalue weighted by molar-refractivity contribution is 6.00. The minimum Gasteiger partial charge on any atom is -0.372 e. The highest BCUT2D eigenvalue weighted by Gasteiger charge is 2.39. The summed E-state index contributed by atoms with van der Waals surface area (Å²) in [6.45, 7) is 0. The van der Waals surface area contributed by atoms with Crippen LogP contribution in [0.1, 0.15) is 16.7 Å². The first-order chi connectivity index (χ1) is 12.1. The molecule has 4 nitrogen and oxygen atoms in total. The van der Waals surface area contributed by atoms with Crippen molar-refractivity contribution < 1.29 is 9.90 Å². The summed E-state index contributed by atoms with van der Waals surface area (Å²) in [7, 11) is 0. The Morgan fingerprint density at radius 1 is 0.880 bits per heavy atom. The van der Waals surface area contributed by atoms with Crippen LogP contribution >= 0.6 is 0 Å². The van der Waals surface area contributed by atoms with E-state index in [1.54, 1.807) is 72.8 Å². The third-order valence-electron chi connectivity index (χ3n) is 3.96. The summed E-state index contributed by atoms with van der Waals surface area (Å²) in [5, 5.41) is 23.0. The van der Waals surface area contributed by atoms with E-state index in [2.05, 4.69) is 5.32 Å². The smallest absolute Gasteiger partial charge is 0.265 e. The van der Waals surface area contributed by atoms with Crippen LogP contribution in [0.4, 0.5) is 5.69 Å². The quantitative estimate of drug-likeness (QED) is 0.770. The molecule has 4 heteroatoms. The molecule has 0 aliphatic heterocycles. The van der Waals surface area contributed by atoms with Crippen LogP contribution in [0, 0.1) is 11.3 Å². The van der Waals surface area contributed by atoms with Gasteiger partial charge in [0, 0.05) is 5.69 Å². The Balaban J connectivity index is 2.03. The second-order valence-corrected chi connectivity index (χ2v) is 5.59. The van der Waals surface area contributed by atoms with E-state index < -0.39 is 11.5 Å². The van der Waals surface area contributed by atoms with Gasteiger partial charge in [0.1, 0.15) is 0 Å². The van der Waals surface area contributed by atoms with Gasteiger partial charge in [-0.15, -0.1) is 0 Å². The Morgan fingerprint density at radius 3 is 1.96 bits per heavy atom. The van der Waals surface area contributed by atoms with Crippen LogP contribution in [0.5, 0.6) is 0 Å². The monoisotopic (exact) mass is 328 g/mol. The van der Waals surface area contributed by atoms with Gasteiger partial charge < -0.3 is 10.4 Å². The standard InChI is InChI=1S/C21H16N2O2/c22-15-16-8-7-13-19(14-16)23-20(24)21(25,17-9-3-1-4-10-17)18-11-5-2-6-12-18/h1-14,25H,(H,23,24). The Morgan fingerprint density at radius 2 is 1.44 bits per heavy atom. The third-order valence-corrected chi connectivity index (χ3v) is 3.96. The predicted octanol–water partition coefficient (Wildman–Crippen LogP) is 3.43. The molecule has 0 atom stereocenters. The molecule has 25 heavy (non-hydrogen) atoms. The van der Waals surface area contributed by atoms with E-state index in [-0.39, 0.29) is 0 Å². The lowest BCUT2D eigenvalue weighted by Crippen LogP contribution is -2.41. The maximum Gasteiger partial charge on any atom is 0.265 e. The second kappa shape index (κ2) is 7.00. The molecule has 0 spiro atoms. The van der Waals surface area contributed by atoms with Gasteiger partial charge in [-0.3, -0.25) is 4.79 Å². The fourth-order valence-corrected chi connectivity index (χ4v) is 2.68. The van der Waals surface area contributed by atoms with E-state index in [1.165, 1.54) is 0 Å². The van der Waals surface area contributed by atoms with Crippen LogP contribution < -0.4 is 5.32 Å². The summed E-state index contributed by atoms with van der Waals surface area (Å²) >= 11 is 0. The van der Waals surface area contributed by atoms with Crippen molar-refractivity contribution in [3.8, 4) is 6.07 Å². The molecule has 0 bridgehead atoms. The number of nitriles is 1. The van der Waals surface area contributed by atoms with Crippen molar-refractivity contribution in [3.63, 3.8) is 0 Å². The lowest BCUT2D eigenvalue weighted by molar-refractivity contribution is -0.131. The molecular weight excluding hydrogens is 312 g/mol. The lowest BCUT2D eigenvalue weighted by atomic mass is 9.85. The summed E-state index contributed by atoms with van der Waals surface area (Å²) in [5.74, 6) is -0.583. The highest BCUT2D eigenvalue weighted by atomic mass is 16.3. The summed E-state index contributed by atoms with van der Waals surface area (Å²) in [4.78, 5) is 13.0. The zero-order valence-electron chi connectivity index (χ0n) is 13.4. The summed E-state index contributed by atoms with van der Waals surface area (Å²) in [6, 6.07) is 26.2. The van der Waals surface area contributed by atoms with Crippen molar-refractivity contribution in [1.29, 1.82) is 5.26 Å². The van der Waals surface area contributed by atoms with E-state index in [4.69, 9.17) is 5.26 Å². The minimum atomic E-state index is -1.84. The van der Waals surface area contributed by atoms with Crippen molar-refractivity contribution in [2.45, 2.75) is 5.60 Å². The molecule has 0 heterocycles. The van der Waals surface area contributed by atoms with Gasteiger partial charge in [-0.25, -0.2) is 0 Å². The lowest BCUT2D eigenvalue weighted by Gasteiger charge is -2.28. The Kier molecular flexibility index (Phi) is 4.60. The molecule has 2 N–H and O–H groups in total. The SMILES string of the molecule is N#Cc1cccc(NC(=O)C(O)(c2ccccc2)c2ccccc2)c1. The number of hydrogen-bond donors (Lipinski definition) is 2. The molecule has 0 saturated heterocycles. The van der Waals surface area contributed by atoms with Crippen LogP contribution in [-0.2, 0) is 10.4 Å². The Bertz CT molecular complexity index is 876. The van der Waals surface area contributed by atoms with E-state index >= 15 is 0 Å². The molecule has 3 rings (SSSR count). The van der Waals surface area contributed by atoms with Gasteiger partial charge >= 0.3 is 0 Å². The van der Waals surface area contributed by atoms with Crippen LogP contribution in [0.2, 0.25) is 0 Å². The first-order valence-electron chi connectivity index (χ1n) is 7.79. The molecule has 0 aliphatic rings. The van der Waals surface area contributed by atoms with Crippen LogP contribution in [0.25, 0.3) is 0 Å². The fourth-order valence-electron chi connectivity index (χ4n) is 2.68. The number of carbonyl (C=O) groups excluding carboxylic acids is 1. The molecule has 1 amide bonds. The normalized spacial score (nSPS) is 10.7. The maximum absolute atomic E-state index is 13.0. The van der Waals surface area contributed by atoms with Crippen LogP contribution in [0.3, 0.4) is 0 Å². The third kappa shape index (κ3) is 3.27. The van der Waals surface area contributed by atoms with Crippen molar-refractivity contribution in [2.24, 2.45) is 0 Å². The predicted molar refractivity (Wildman–Crippen MR) is 95.7 cm³/mol. The van der Waals surface area contributed by atoms with Crippen LogP contribution in [0.15, 0.2) is 84.9 Å². The number of nitrogens with zero attached hydrogens (tertiary/aromatic N) is 1. The van der Waals surface area contributed by atoms with E-state index in [0.29, 0.717) is 22.4 Å². The molecule has 0 saturated carbocycles. The molecule has 0 fully saturated rings. The number of nitrogens with one attached hydrogen (secondary N) is 1. The van der Waals surface area contributed by atoms with E-state index in [1.807, 2.05) is 18.2 Å². The molecule has 3 aromatic carbocycles. The van der Waals surface area contributed by atoms with E-state index in [0.717, 1.165) is 0 Å². The molecule has 0 unspecified atom stereocenters. The van der Waals surface area contributed by atoms with E-state index in [9.17, 15) is 9.90 Å². The topological polar surface area (TPSA) is 73.1 Å². The molecule has 0 radical (unpaired) electrons. The Labute approximate surface area is 146 Å². The second-order valence-electron chi connectivity index (χ2n) is 5.59. The first-order valence-corrected chi connectivity index (χ1v) is 7.79. The summed E-state index contributed by atoms with van der Waals surface area (Å²) in [5.41, 5.74) is -0.0223. The van der Waals surface area contributed by atoms with Crippen molar-refractivity contribution in [1.82, 2.24) is 0 Å². The summed E-state index contributed by atoms with van der Waals surface area (Å²) < 4.78 is 0. The molecule has 0 aliphatic carbocycles. The molecule has 122 valence electrons. The number of benzene rings is 3. The zero-order chi connectivity index (χ0) is 17.7. The molecular formula is C21H16N2O2. The summed E-state index contributed by atoms with van der Waals surface area (Å²) in [6.07, 6.45) is 0. The van der Waals surface area contributed by atoms with Crippen LogP contribution in [-0.4, -0.2) is 11.0 Å². The fraction of sp³-hybridized carbons (Fsp3) is 0.0476. The number of amides is 1. The number of rotatable bonds is 4. The Hall–Kier alpha value is -3.42. The van der Waals surface area contributed by atoms with Gasteiger partial charge in [-0.1, -0.05) is 66.7 Å². The average Bonchev–Trinajstić information content (AvgIpc) is 2.68. The van der Waals surface area contributed by atoms with Gasteiger partial charge in [0.2, 0.25) is 0 Å². The number of hydrogen-bond acceptors (Lipinski definition) is 3. The van der Waals surface area contributed by atoms with Gasteiger partial charge in [-0.2, -0.15) is 5.26 Å². The molecule has 0 aromatic heterocycles. The minimum absolute atomic E-state index is 0.431. The number of aliphatic hydroxyl groups is 1. The van der Waals surface area contributed by atoms with Gasteiger partial charge in [0.25, 0.3) is 5.91 Å². The largest absolute Gasteiger partial charge is 0.372 e. The zero-order valence-corrected chi connectivity index (χ0v) is 13.4. The molecule has 3 aromatic rings. The van der Waals surface area contributed by atoms with Crippen molar-refractivity contribution in [3.05, 3.63) is 102 Å². The van der Waals surface area contributed by atoms with Gasteiger partial charge in [0.05, 0.1) is 11.6 Å². The maximum atomic E-state index is 13.0. The number of carbonyl (C=O) groups is 1. The number of anilines is 1. The average molecular weight is 328 g/mol.